The minimum atomic E-state index is -2.54. The number of benzene rings is 1. The summed E-state index contributed by atoms with van der Waals surface area (Å²) in [4.78, 5) is 14.3. The summed E-state index contributed by atoms with van der Waals surface area (Å²) in [6, 6.07) is 6.15. The van der Waals surface area contributed by atoms with Gasteiger partial charge in [-0.1, -0.05) is 18.2 Å². The number of likely N-dealkylation sites (N-methyl/N-ethyl adjacent to an activating group) is 1. The predicted octanol–water partition coefficient (Wildman–Crippen LogP) is 2.92. The van der Waals surface area contributed by atoms with Gasteiger partial charge in [-0.2, -0.15) is 0 Å². The van der Waals surface area contributed by atoms with Gasteiger partial charge < -0.3 is 14.0 Å². The van der Waals surface area contributed by atoms with Gasteiger partial charge in [-0.15, -0.1) is 0 Å². The zero-order chi connectivity index (χ0) is 20.8. The average molecular weight is 367 g/mol. The molecule has 0 amide bonds. The summed E-state index contributed by atoms with van der Waals surface area (Å²) in [6.07, 6.45) is -0.872. The second kappa shape index (κ2) is 6.96. The molecule has 5 nitrogen and oxygen atoms in total. The Morgan fingerprint density at radius 1 is 1.35 bits per heavy atom. The van der Waals surface area contributed by atoms with Gasteiger partial charge in [0, 0.05) is 46.1 Å². The third-order valence-electron chi connectivity index (χ3n) is 5.09. The molecule has 4 rings (SSSR count). The van der Waals surface area contributed by atoms with Gasteiger partial charge in [-0.3, -0.25) is 4.90 Å². The number of fused-ring (bicyclic) bond motifs is 3. The molecule has 0 radical (unpaired) electrons. The maximum Gasteiger partial charge on any atom is 0.340 e. The van der Waals surface area contributed by atoms with E-state index < -0.39 is 32.0 Å². The summed E-state index contributed by atoms with van der Waals surface area (Å²) in [5, 5.41) is 0.557. The molecule has 0 N–H and O–H groups in total. The van der Waals surface area contributed by atoms with Gasteiger partial charge >= 0.3 is 5.97 Å². The van der Waals surface area contributed by atoms with Crippen molar-refractivity contribution in [2.75, 3.05) is 20.2 Å². The van der Waals surface area contributed by atoms with Gasteiger partial charge in [0.2, 0.25) is 0 Å². The van der Waals surface area contributed by atoms with Crippen molar-refractivity contribution < 1.29 is 27.2 Å². The van der Waals surface area contributed by atoms with Gasteiger partial charge in [-0.05, 0) is 13.0 Å². The number of esters is 1. The van der Waals surface area contributed by atoms with Crippen LogP contribution in [-0.2, 0) is 16.0 Å². The van der Waals surface area contributed by atoms with Crippen molar-refractivity contribution in [3.8, 4) is 0 Å². The van der Waals surface area contributed by atoms with E-state index in [0.29, 0.717) is 23.7 Å². The van der Waals surface area contributed by atoms with E-state index in [0.717, 1.165) is 0 Å². The van der Waals surface area contributed by atoms with Crippen LogP contribution in [0.1, 0.15) is 27.3 Å². The number of ether oxygens (including phenoxy) is 2. The van der Waals surface area contributed by atoms with Crippen LogP contribution >= 0.6 is 0 Å². The van der Waals surface area contributed by atoms with Crippen molar-refractivity contribution in [3.05, 3.63) is 36.0 Å². The van der Waals surface area contributed by atoms with Crippen LogP contribution in [0.4, 0.5) is 8.78 Å². The number of halogens is 2. The molecule has 140 valence electrons. The van der Waals surface area contributed by atoms with E-state index in [-0.39, 0.29) is 30.9 Å². The van der Waals surface area contributed by atoms with E-state index in [1.807, 2.05) is 0 Å². The fraction of sp³-hybridized carbons (Fsp3) is 0.526. The molecular formula is C19H22F2N2O3. The molecule has 0 saturated carbocycles. The van der Waals surface area contributed by atoms with E-state index in [1.165, 1.54) is 15.7 Å². The van der Waals surface area contributed by atoms with Crippen molar-refractivity contribution >= 4 is 16.9 Å². The Hall–Kier alpha value is -1.99. The summed E-state index contributed by atoms with van der Waals surface area (Å²) < 4.78 is 61.6. The quantitative estimate of drug-likeness (QED) is 0.780. The fourth-order valence-electron chi connectivity index (χ4n) is 3.89. The number of piperidine rings is 1. The summed E-state index contributed by atoms with van der Waals surface area (Å²) >= 11 is 0. The lowest BCUT2D eigenvalue weighted by Crippen LogP contribution is -2.56. The van der Waals surface area contributed by atoms with Crippen LogP contribution in [0.2, 0.25) is 0 Å². The van der Waals surface area contributed by atoms with Crippen LogP contribution in [-0.4, -0.2) is 60.2 Å². The first-order valence-corrected chi connectivity index (χ1v) is 8.67. The summed E-state index contributed by atoms with van der Waals surface area (Å²) in [5.41, 5.74) is 0.781. The molecule has 2 fully saturated rings. The van der Waals surface area contributed by atoms with Gasteiger partial charge in [0.25, 0.3) is 6.43 Å². The molecule has 0 spiro atoms. The average Bonchev–Trinajstić information content (AvgIpc) is 2.98. The molecule has 2 saturated heterocycles. The number of carbonyl (C=O) groups excluding carboxylic acids is 1. The molecule has 0 unspecified atom stereocenters. The number of carbonyl (C=O) groups is 1. The number of alkyl halides is 2. The molecule has 1 aromatic heterocycles. The van der Waals surface area contributed by atoms with E-state index in [1.54, 1.807) is 24.3 Å². The van der Waals surface area contributed by atoms with Gasteiger partial charge in [0.05, 0.1) is 25.3 Å². The summed E-state index contributed by atoms with van der Waals surface area (Å²) in [6.45, 7) is -2.18. The first kappa shape index (κ1) is 14.1. The summed E-state index contributed by atoms with van der Waals surface area (Å²) in [5.74, 6) is -0.583. The van der Waals surface area contributed by atoms with Crippen LogP contribution in [0.3, 0.4) is 0 Å². The van der Waals surface area contributed by atoms with E-state index >= 15 is 0 Å². The zero-order valence-corrected chi connectivity index (χ0v) is 14.1. The Labute approximate surface area is 154 Å². The number of rotatable bonds is 4. The number of morpholine rings is 1. The SMILES string of the molecule is [2H]C([2H])([2H])N1[C@@H]2COC[C@H]1C[C@@H](OC(=O)c1cn(CC(F)F)c3ccccc13)C2. The highest BCUT2D eigenvalue weighted by Gasteiger charge is 2.38. The van der Waals surface area contributed by atoms with Crippen molar-refractivity contribution in [1.29, 1.82) is 0 Å². The highest BCUT2D eigenvalue weighted by molar-refractivity contribution is 6.04. The number of aromatic nitrogens is 1. The fourth-order valence-corrected chi connectivity index (χ4v) is 3.89. The van der Waals surface area contributed by atoms with Crippen LogP contribution in [0.5, 0.6) is 0 Å². The van der Waals surface area contributed by atoms with Gasteiger partial charge in [0.15, 0.2) is 0 Å². The number of hydrogen-bond acceptors (Lipinski definition) is 4. The smallest absolute Gasteiger partial charge is 0.340 e. The van der Waals surface area contributed by atoms with Crippen molar-refractivity contribution in [3.63, 3.8) is 0 Å². The largest absolute Gasteiger partial charge is 0.459 e. The topological polar surface area (TPSA) is 43.7 Å². The molecule has 1 aromatic carbocycles. The van der Waals surface area contributed by atoms with Crippen LogP contribution in [0, 0.1) is 0 Å². The molecule has 3 atom stereocenters. The lowest BCUT2D eigenvalue weighted by Gasteiger charge is -2.46. The van der Waals surface area contributed by atoms with E-state index in [9.17, 15) is 13.6 Å². The predicted molar refractivity (Wildman–Crippen MR) is 92.5 cm³/mol. The highest BCUT2D eigenvalue weighted by atomic mass is 19.3. The Morgan fingerprint density at radius 3 is 2.77 bits per heavy atom. The van der Waals surface area contributed by atoms with Crippen molar-refractivity contribution in [2.24, 2.45) is 0 Å². The monoisotopic (exact) mass is 367 g/mol. The molecule has 2 aliphatic heterocycles. The normalized spacial score (nSPS) is 28.6. The minimum Gasteiger partial charge on any atom is -0.459 e. The van der Waals surface area contributed by atoms with Gasteiger partial charge in [0.1, 0.15) is 6.10 Å². The second-order valence-electron chi connectivity index (χ2n) is 6.85. The maximum atomic E-state index is 12.9. The second-order valence-corrected chi connectivity index (χ2v) is 6.85. The molecular weight excluding hydrogens is 342 g/mol. The number of nitrogens with zero attached hydrogens (tertiary/aromatic N) is 2. The standard InChI is InChI=1S/C19H22F2N2O3/c1-22-12-6-14(7-13(22)11-25-10-12)26-19(24)16-8-23(9-18(20)21)17-5-3-2-4-15(16)17/h2-5,8,12-14,18H,6-7,9-11H2,1H3/t12-,13+,14-/i1D3. The van der Waals surface area contributed by atoms with Crippen molar-refractivity contribution in [2.45, 2.75) is 44.0 Å². The molecule has 2 aliphatic rings. The van der Waals surface area contributed by atoms with E-state index in [4.69, 9.17) is 13.6 Å². The molecule has 2 aromatic rings. The van der Waals surface area contributed by atoms with Crippen molar-refractivity contribution in [1.82, 2.24) is 9.47 Å². The van der Waals surface area contributed by atoms with Gasteiger partial charge in [-0.25, -0.2) is 13.6 Å². The minimum absolute atomic E-state index is 0.237. The van der Waals surface area contributed by atoms with Crippen LogP contribution in [0.25, 0.3) is 10.9 Å². The zero-order valence-electron chi connectivity index (χ0n) is 17.1. The maximum absolute atomic E-state index is 12.9. The van der Waals surface area contributed by atoms with E-state index in [2.05, 4.69) is 0 Å². The first-order chi connectivity index (χ1) is 13.7. The number of para-hydroxylation sites is 1. The third-order valence-corrected chi connectivity index (χ3v) is 5.09. The third kappa shape index (κ3) is 3.21. The lowest BCUT2D eigenvalue weighted by atomic mass is 9.92. The Kier molecular flexibility index (Phi) is 3.78. The molecule has 0 aliphatic carbocycles. The molecule has 3 heterocycles. The molecule has 2 bridgehead atoms. The Balaban J connectivity index is 1.53. The van der Waals surface area contributed by atoms with Crippen LogP contribution < -0.4 is 0 Å². The highest BCUT2D eigenvalue weighted by Crippen LogP contribution is 2.30. The molecule has 7 heteroatoms. The summed E-state index contributed by atoms with van der Waals surface area (Å²) in [7, 11) is 0. The lowest BCUT2D eigenvalue weighted by molar-refractivity contribution is -0.0970. The number of hydrogen-bond donors (Lipinski definition) is 0. The first-order valence-electron chi connectivity index (χ1n) is 10.2. The van der Waals surface area contributed by atoms with Crippen LogP contribution in [0.15, 0.2) is 30.5 Å². The Morgan fingerprint density at radius 2 is 2.08 bits per heavy atom. The Bertz CT molecular complexity index is 888. The molecule has 26 heavy (non-hydrogen) atoms.